The quantitative estimate of drug-likeness (QED) is 0.479. The van der Waals surface area contributed by atoms with Crippen LogP contribution in [0, 0.1) is 0 Å². The number of rotatable bonds is 4. The van der Waals surface area contributed by atoms with Gasteiger partial charge >= 0.3 is 6.18 Å². The van der Waals surface area contributed by atoms with Crippen LogP contribution in [0.5, 0.6) is 0 Å². The largest absolute Gasteiger partial charge is 0.416 e. The summed E-state index contributed by atoms with van der Waals surface area (Å²) >= 11 is 1.13. The van der Waals surface area contributed by atoms with Crippen LogP contribution in [-0.2, 0) is 6.18 Å². The number of carbonyl (C=O) groups is 1. The molecule has 0 amide bonds. The van der Waals surface area contributed by atoms with Crippen molar-refractivity contribution in [1.29, 1.82) is 0 Å². The van der Waals surface area contributed by atoms with E-state index in [0.29, 0.717) is 21.1 Å². The van der Waals surface area contributed by atoms with Crippen LogP contribution in [0.3, 0.4) is 0 Å². The van der Waals surface area contributed by atoms with Crippen molar-refractivity contribution in [1.82, 2.24) is 9.97 Å². The molecule has 3 aromatic rings. The minimum atomic E-state index is -4.38. The minimum Gasteiger partial charge on any atom is -0.288 e. The molecule has 1 aromatic carbocycles. The lowest BCUT2D eigenvalue weighted by Gasteiger charge is -2.06. The van der Waals surface area contributed by atoms with Crippen molar-refractivity contribution in [2.75, 3.05) is 0 Å². The van der Waals surface area contributed by atoms with E-state index in [-0.39, 0.29) is 5.78 Å². The average molecular weight is 360 g/mol. The van der Waals surface area contributed by atoms with Crippen LogP contribution in [0.2, 0.25) is 0 Å². The van der Waals surface area contributed by atoms with Gasteiger partial charge in [-0.3, -0.25) is 9.78 Å². The first kappa shape index (κ1) is 17.0. The molecular weight excluding hydrogens is 349 g/mol. The Hall–Kier alpha value is -2.80. The summed E-state index contributed by atoms with van der Waals surface area (Å²) in [6.45, 7) is 0. The van der Waals surface area contributed by atoms with E-state index in [1.54, 1.807) is 24.4 Å². The molecule has 2 aromatic heterocycles. The zero-order valence-electron chi connectivity index (χ0n) is 12.7. The third kappa shape index (κ3) is 4.19. The molecule has 0 fully saturated rings. The second-order valence-corrected chi connectivity index (χ2v) is 6.09. The van der Waals surface area contributed by atoms with E-state index in [0.717, 1.165) is 23.5 Å². The first-order valence-electron chi connectivity index (χ1n) is 7.20. The SMILES string of the molecule is O=C(C=Cc1ccccn1)c1cnc(-c2ccc(C(F)(F)F)cc2)s1. The van der Waals surface area contributed by atoms with Crippen molar-refractivity contribution in [3.05, 3.63) is 77.1 Å². The summed E-state index contributed by atoms with van der Waals surface area (Å²) in [7, 11) is 0. The number of halogens is 3. The van der Waals surface area contributed by atoms with Gasteiger partial charge in [0, 0.05) is 18.0 Å². The molecule has 0 unspecified atom stereocenters. The summed E-state index contributed by atoms with van der Waals surface area (Å²) in [5.74, 6) is -0.235. The molecule has 25 heavy (non-hydrogen) atoms. The van der Waals surface area contributed by atoms with Gasteiger partial charge in [0.05, 0.1) is 16.1 Å². The molecule has 2 heterocycles. The summed E-state index contributed by atoms with van der Waals surface area (Å²) in [6.07, 6.45) is 1.66. The molecule has 0 aliphatic heterocycles. The van der Waals surface area contributed by atoms with E-state index < -0.39 is 11.7 Å². The number of ketones is 1. The van der Waals surface area contributed by atoms with Crippen molar-refractivity contribution < 1.29 is 18.0 Å². The van der Waals surface area contributed by atoms with Crippen molar-refractivity contribution in [3.8, 4) is 10.6 Å². The lowest BCUT2D eigenvalue weighted by Crippen LogP contribution is -2.03. The number of hydrogen-bond donors (Lipinski definition) is 0. The van der Waals surface area contributed by atoms with Crippen molar-refractivity contribution in [2.24, 2.45) is 0 Å². The average Bonchev–Trinajstić information content (AvgIpc) is 3.10. The van der Waals surface area contributed by atoms with Crippen molar-refractivity contribution >= 4 is 23.2 Å². The fraction of sp³-hybridized carbons (Fsp3) is 0.0556. The molecule has 0 saturated heterocycles. The summed E-state index contributed by atoms with van der Waals surface area (Å²) < 4.78 is 37.8. The van der Waals surface area contributed by atoms with Crippen LogP contribution in [-0.4, -0.2) is 15.8 Å². The summed E-state index contributed by atoms with van der Waals surface area (Å²) in [5, 5.41) is 0.489. The molecule has 0 atom stereocenters. The summed E-state index contributed by atoms with van der Waals surface area (Å²) in [4.78, 5) is 20.8. The maximum atomic E-state index is 12.6. The molecule has 0 saturated carbocycles. The second kappa shape index (κ2) is 6.98. The molecule has 0 N–H and O–H groups in total. The highest BCUT2D eigenvalue weighted by Gasteiger charge is 2.30. The molecule has 0 spiro atoms. The lowest BCUT2D eigenvalue weighted by atomic mass is 10.1. The zero-order chi connectivity index (χ0) is 17.9. The van der Waals surface area contributed by atoms with E-state index in [4.69, 9.17) is 0 Å². The number of nitrogens with zero attached hydrogens (tertiary/aromatic N) is 2. The van der Waals surface area contributed by atoms with Gasteiger partial charge in [-0.2, -0.15) is 13.2 Å². The minimum absolute atomic E-state index is 0.235. The van der Waals surface area contributed by atoms with E-state index >= 15 is 0 Å². The van der Waals surface area contributed by atoms with Gasteiger partial charge in [-0.05, 0) is 36.4 Å². The predicted molar refractivity (Wildman–Crippen MR) is 90.2 cm³/mol. The number of aromatic nitrogens is 2. The molecular formula is C18H11F3N2OS. The van der Waals surface area contributed by atoms with E-state index in [2.05, 4.69) is 9.97 Å². The van der Waals surface area contributed by atoms with Gasteiger partial charge in [0.25, 0.3) is 0 Å². The zero-order valence-corrected chi connectivity index (χ0v) is 13.5. The first-order valence-corrected chi connectivity index (χ1v) is 8.02. The summed E-state index contributed by atoms with van der Waals surface area (Å²) in [5.41, 5.74) is 0.469. The third-order valence-corrected chi connectivity index (χ3v) is 4.36. The number of alkyl halides is 3. The third-order valence-electron chi connectivity index (χ3n) is 3.30. The predicted octanol–water partition coefficient (Wildman–Crippen LogP) is 5.12. The summed E-state index contributed by atoms with van der Waals surface area (Å²) in [6, 6.07) is 10.0. The number of hydrogen-bond acceptors (Lipinski definition) is 4. The van der Waals surface area contributed by atoms with Gasteiger partial charge in [0.15, 0.2) is 5.78 Å². The highest BCUT2D eigenvalue weighted by atomic mass is 32.1. The molecule has 126 valence electrons. The van der Waals surface area contributed by atoms with Crippen molar-refractivity contribution in [3.63, 3.8) is 0 Å². The topological polar surface area (TPSA) is 42.9 Å². The molecule has 0 aliphatic rings. The molecule has 0 radical (unpaired) electrons. The molecule has 0 bridgehead atoms. The molecule has 3 nitrogen and oxygen atoms in total. The maximum Gasteiger partial charge on any atom is 0.416 e. The van der Waals surface area contributed by atoms with Crippen LogP contribution in [0.25, 0.3) is 16.6 Å². The number of thiazole rings is 1. The van der Waals surface area contributed by atoms with Crippen LogP contribution in [0.4, 0.5) is 13.2 Å². The highest BCUT2D eigenvalue weighted by Crippen LogP contribution is 2.32. The lowest BCUT2D eigenvalue weighted by molar-refractivity contribution is -0.137. The van der Waals surface area contributed by atoms with Gasteiger partial charge in [-0.15, -0.1) is 11.3 Å². The monoisotopic (exact) mass is 360 g/mol. The fourth-order valence-electron chi connectivity index (χ4n) is 2.04. The Kier molecular flexibility index (Phi) is 4.76. The Morgan fingerprint density at radius 2 is 1.80 bits per heavy atom. The van der Waals surface area contributed by atoms with E-state index in [1.807, 2.05) is 6.07 Å². The normalized spacial score (nSPS) is 11.8. The first-order chi connectivity index (χ1) is 11.9. The Bertz CT molecular complexity index is 900. The Morgan fingerprint density at radius 3 is 2.44 bits per heavy atom. The van der Waals surface area contributed by atoms with E-state index in [9.17, 15) is 18.0 Å². The smallest absolute Gasteiger partial charge is 0.288 e. The fourth-order valence-corrected chi connectivity index (χ4v) is 2.88. The van der Waals surface area contributed by atoms with Crippen LogP contribution < -0.4 is 0 Å². The Labute approximate surface area is 145 Å². The highest BCUT2D eigenvalue weighted by molar-refractivity contribution is 7.17. The van der Waals surface area contributed by atoms with Crippen LogP contribution >= 0.6 is 11.3 Å². The van der Waals surface area contributed by atoms with Gasteiger partial charge < -0.3 is 0 Å². The van der Waals surface area contributed by atoms with Gasteiger partial charge in [0.1, 0.15) is 5.01 Å². The number of carbonyl (C=O) groups excluding carboxylic acids is 1. The van der Waals surface area contributed by atoms with Gasteiger partial charge in [-0.25, -0.2) is 4.98 Å². The number of pyridine rings is 1. The Balaban J connectivity index is 1.76. The maximum absolute atomic E-state index is 12.6. The van der Waals surface area contributed by atoms with Crippen LogP contribution in [0.15, 0.2) is 60.9 Å². The second-order valence-electron chi connectivity index (χ2n) is 5.06. The molecule has 0 aliphatic carbocycles. The molecule has 7 heteroatoms. The standard InChI is InChI=1S/C18H11F3N2OS/c19-18(20,21)13-6-4-12(5-7-13)17-23-11-16(25-17)15(24)9-8-14-3-1-2-10-22-14/h1-11H. The Morgan fingerprint density at radius 1 is 1.04 bits per heavy atom. The van der Waals surface area contributed by atoms with E-state index in [1.165, 1.54) is 24.4 Å². The van der Waals surface area contributed by atoms with Crippen LogP contribution in [0.1, 0.15) is 20.9 Å². The number of benzene rings is 1. The van der Waals surface area contributed by atoms with Gasteiger partial charge in [0.2, 0.25) is 0 Å². The van der Waals surface area contributed by atoms with Crippen molar-refractivity contribution in [2.45, 2.75) is 6.18 Å². The molecule has 3 rings (SSSR count). The van der Waals surface area contributed by atoms with Gasteiger partial charge in [-0.1, -0.05) is 18.2 Å². The number of allylic oxidation sites excluding steroid dienone is 1.